The minimum atomic E-state index is -0.637. The molecule has 0 aromatic heterocycles. The molecule has 0 rings (SSSR count). The second kappa shape index (κ2) is 10.3. The first-order valence-corrected chi connectivity index (χ1v) is 8.09. The van der Waals surface area contributed by atoms with Gasteiger partial charge in [0.1, 0.15) is 0 Å². The minimum Gasteiger partial charge on any atom is -0.434 e. The molecule has 0 aromatic carbocycles. The van der Waals surface area contributed by atoms with Gasteiger partial charge in [-0.3, -0.25) is 0 Å². The molecule has 0 radical (unpaired) electrons. The Hall–Kier alpha value is -1.46. The fraction of sp³-hybridized carbons (Fsp3) is 0.882. The van der Waals surface area contributed by atoms with Crippen LogP contribution >= 0.6 is 0 Å². The van der Waals surface area contributed by atoms with Gasteiger partial charge in [0, 0.05) is 0 Å². The van der Waals surface area contributed by atoms with Crippen molar-refractivity contribution in [1.29, 1.82) is 0 Å². The molecular formula is C17H32O6. The lowest BCUT2D eigenvalue weighted by atomic mass is 9.99. The summed E-state index contributed by atoms with van der Waals surface area (Å²) in [4.78, 5) is 22.6. The summed E-state index contributed by atoms with van der Waals surface area (Å²) in [6.45, 7) is 13.1. The summed E-state index contributed by atoms with van der Waals surface area (Å²) in [5, 5.41) is 0. The topological polar surface area (TPSA) is 71.1 Å². The molecule has 0 atom stereocenters. The Kier molecular flexibility index (Phi) is 9.68. The van der Waals surface area contributed by atoms with Gasteiger partial charge in [-0.2, -0.15) is 0 Å². The normalized spacial score (nSPS) is 11.7. The van der Waals surface area contributed by atoms with Crippen LogP contribution in [0.4, 0.5) is 9.59 Å². The van der Waals surface area contributed by atoms with Gasteiger partial charge in [-0.1, -0.05) is 41.5 Å². The van der Waals surface area contributed by atoms with Crippen LogP contribution in [-0.2, 0) is 18.9 Å². The Morgan fingerprint density at radius 1 is 0.609 bits per heavy atom. The third-order valence-corrected chi connectivity index (χ3v) is 2.47. The molecule has 0 saturated carbocycles. The summed E-state index contributed by atoms with van der Waals surface area (Å²) >= 11 is 0. The number of rotatable bonds is 8. The van der Waals surface area contributed by atoms with Crippen LogP contribution in [0.5, 0.6) is 0 Å². The lowest BCUT2D eigenvalue weighted by molar-refractivity contribution is 0.0291. The zero-order chi connectivity index (χ0) is 17.9. The molecule has 0 bridgehead atoms. The molecule has 0 aliphatic carbocycles. The van der Waals surface area contributed by atoms with Crippen molar-refractivity contribution in [1.82, 2.24) is 0 Å². The van der Waals surface area contributed by atoms with Gasteiger partial charge < -0.3 is 18.9 Å². The number of ether oxygens (including phenoxy) is 4. The Morgan fingerprint density at radius 2 is 0.957 bits per heavy atom. The zero-order valence-electron chi connectivity index (χ0n) is 15.4. The Bertz CT molecular complexity index is 317. The van der Waals surface area contributed by atoms with Crippen molar-refractivity contribution in [3.8, 4) is 0 Å². The number of carbonyl (C=O) groups excluding carboxylic acids is 2. The quantitative estimate of drug-likeness (QED) is 0.479. The molecule has 0 amide bonds. The van der Waals surface area contributed by atoms with E-state index >= 15 is 0 Å². The van der Waals surface area contributed by atoms with Gasteiger partial charge in [-0.25, -0.2) is 9.59 Å². The summed E-state index contributed by atoms with van der Waals surface area (Å²) in [7, 11) is 0. The highest BCUT2D eigenvalue weighted by Gasteiger charge is 2.15. The molecule has 0 spiro atoms. The van der Waals surface area contributed by atoms with Gasteiger partial charge in [0.15, 0.2) is 0 Å². The first-order chi connectivity index (χ1) is 10.5. The van der Waals surface area contributed by atoms with E-state index in [9.17, 15) is 9.59 Å². The van der Waals surface area contributed by atoms with Crippen molar-refractivity contribution in [2.45, 2.75) is 60.8 Å². The smallest absolute Gasteiger partial charge is 0.434 e. The van der Waals surface area contributed by atoms with E-state index in [1.165, 1.54) is 0 Å². The molecule has 6 heteroatoms. The lowest BCUT2D eigenvalue weighted by Crippen LogP contribution is -2.19. The van der Waals surface area contributed by atoms with Crippen molar-refractivity contribution < 1.29 is 28.5 Å². The lowest BCUT2D eigenvalue weighted by Gasteiger charge is -2.17. The average molecular weight is 332 g/mol. The highest BCUT2D eigenvalue weighted by Crippen LogP contribution is 2.14. The highest BCUT2D eigenvalue weighted by molar-refractivity contribution is 5.60. The molecular weight excluding hydrogens is 300 g/mol. The second-order valence-electron chi connectivity index (χ2n) is 7.96. The molecule has 23 heavy (non-hydrogen) atoms. The van der Waals surface area contributed by atoms with Gasteiger partial charge >= 0.3 is 12.3 Å². The highest BCUT2D eigenvalue weighted by atomic mass is 16.7. The summed E-state index contributed by atoms with van der Waals surface area (Å²) in [5.74, 6) is 0. The number of carbonyl (C=O) groups is 2. The van der Waals surface area contributed by atoms with E-state index in [1.807, 2.05) is 41.5 Å². The minimum absolute atomic E-state index is 0.0715. The number of unbranched alkanes of at least 4 members (excludes halogenated alkanes) is 2. The first-order valence-electron chi connectivity index (χ1n) is 8.09. The molecule has 0 saturated heterocycles. The van der Waals surface area contributed by atoms with Crippen LogP contribution in [0.1, 0.15) is 60.8 Å². The van der Waals surface area contributed by atoms with Crippen LogP contribution in [0.15, 0.2) is 0 Å². The van der Waals surface area contributed by atoms with E-state index in [-0.39, 0.29) is 10.8 Å². The molecule has 6 nitrogen and oxygen atoms in total. The van der Waals surface area contributed by atoms with Gasteiger partial charge in [0.05, 0.1) is 26.4 Å². The van der Waals surface area contributed by atoms with Crippen LogP contribution < -0.4 is 0 Å². The molecule has 0 aliphatic heterocycles. The van der Waals surface area contributed by atoms with Crippen molar-refractivity contribution in [3.63, 3.8) is 0 Å². The average Bonchev–Trinajstić information content (AvgIpc) is 2.40. The fourth-order valence-corrected chi connectivity index (χ4v) is 1.33. The Balaban J connectivity index is 3.46. The van der Waals surface area contributed by atoms with Crippen LogP contribution in [0.2, 0.25) is 0 Å². The van der Waals surface area contributed by atoms with Gasteiger partial charge in [0.25, 0.3) is 0 Å². The van der Waals surface area contributed by atoms with E-state index in [0.29, 0.717) is 39.3 Å². The first kappa shape index (κ1) is 21.5. The van der Waals surface area contributed by atoms with Crippen LogP contribution in [-0.4, -0.2) is 38.7 Å². The van der Waals surface area contributed by atoms with Crippen LogP contribution in [0.3, 0.4) is 0 Å². The summed E-state index contributed by atoms with van der Waals surface area (Å²) < 4.78 is 19.8. The summed E-state index contributed by atoms with van der Waals surface area (Å²) in [6.07, 6.45) is 0.915. The third-order valence-electron chi connectivity index (χ3n) is 2.47. The van der Waals surface area contributed by atoms with Crippen molar-refractivity contribution >= 4 is 12.3 Å². The molecule has 0 unspecified atom stereocenters. The SMILES string of the molecule is CC(C)(C)COC(=O)OCCCCCOC(=O)OCC(C)(C)C. The van der Waals surface area contributed by atoms with E-state index in [1.54, 1.807) is 0 Å². The van der Waals surface area contributed by atoms with Crippen molar-refractivity contribution in [3.05, 3.63) is 0 Å². The largest absolute Gasteiger partial charge is 0.508 e. The maximum atomic E-state index is 11.3. The zero-order valence-corrected chi connectivity index (χ0v) is 15.4. The van der Waals surface area contributed by atoms with Gasteiger partial charge in [-0.05, 0) is 30.1 Å². The molecule has 0 N–H and O–H groups in total. The Morgan fingerprint density at radius 3 is 1.26 bits per heavy atom. The van der Waals surface area contributed by atoms with Gasteiger partial charge in [-0.15, -0.1) is 0 Å². The fourth-order valence-electron chi connectivity index (χ4n) is 1.33. The summed E-state index contributed by atoms with van der Waals surface area (Å²) in [6, 6.07) is 0. The van der Waals surface area contributed by atoms with E-state index in [4.69, 9.17) is 18.9 Å². The number of hydrogen-bond donors (Lipinski definition) is 0. The van der Waals surface area contributed by atoms with E-state index < -0.39 is 12.3 Å². The predicted octanol–water partition coefficient (Wildman–Crippen LogP) is 4.56. The molecule has 0 fully saturated rings. The van der Waals surface area contributed by atoms with Gasteiger partial charge in [0.2, 0.25) is 0 Å². The third kappa shape index (κ3) is 16.7. The molecule has 136 valence electrons. The monoisotopic (exact) mass is 332 g/mol. The molecule has 0 aliphatic rings. The van der Waals surface area contributed by atoms with E-state index in [0.717, 1.165) is 6.42 Å². The molecule has 0 heterocycles. The second-order valence-corrected chi connectivity index (χ2v) is 7.96. The summed E-state index contributed by atoms with van der Waals surface area (Å²) in [5.41, 5.74) is -0.143. The van der Waals surface area contributed by atoms with Crippen molar-refractivity contribution in [2.75, 3.05) is 26.4 Å². The van der Waals surface area contributed by atoms with E-state index in [2.05, 4.69) is 0 Å². The number of hydrogen-bond acceptors (Lipinski definition) is 6. The molecule has 0 aromatic rings. The standard InChI is InChI=1S/C17H32O6/c1-16(2,3)12-22-14(18)20-10-8-7-9-11-21-15(19)23-13-17(4,5)6/h7-13H2,1-6H3. The maximum Gasteiger partial charge on any atom is 0.508 e. The predicted molar refractivity (Wildman–Crippen MR) is 87.4 cm³/mol. The van der Waals surface area contributed by atoms with Crippen LogP contribution in [0, 0.1) is 10.8 Å². The Labute approximate surface area is 139 Å². The van der Waals surface area contributed by atoms with Crippen molar-refractivity contribution in [2.24, 2.45) is 10.8 Å². The van der Waals surface area contributed by atoms with Crippen LogP contribution in [0.25, 0.3) is 0 Å². The maximum absolute atomic E-state index is 11.3.